The first-order valence-corrected chi connectivity index (χ1v) is 9.37. The van der Waals surface area contributed by atoms with Crippen molar-refractivity contribution in [1.29, 1.82) is 0 Å². The van der Waals surface area contributed by atoms with Crippen LogP contribution in [0.1, 0.15) is 34.3 Å². The monoisotopic (exact) mass is 368 g/mol. The van der Waals surface area contributed by atoms with Gasteiger partial charge in [-0.15, -0.1) is 0 Å². The van der Waals surface area contributed by atoms with Crippen molar-refractivity contribution in [1.82, 2.24) is 4.90 Å². The second-order valence-electron chi connectivity index (χ2n) is 7.10. The van der Waals surface area contributed by atoms with Gasteiger partial charge in [0.05, 0.1) is 14.2 Å². The van der Waals surface area contributed by atoms with Crippen LogP contribution in [0.5, 0.6) is 11.5 Å². The zero-order chi connectivity index (χ0) is 19.4. The highest BCUT2D eigenvalue weighted by atomic mass is 16.5. The Kier molecular flexibility index (Phi) is 5.89. The molecule has 1 amide bonds. The quantitative estimate of drug-likeness (QED) is 0.865. The smallest absolute Gasteiger partial charge is 0.253 e. The lowest BCUT2D eigenvalue weighted by atomic mass is 10.0. The van der Waals surface area contributed by atoms with Gasteiger partial charge in [0.25, 0.3) is 5.91 Å². The number of aryl methyl sites for hydroxylation is 2. The molecule has 0 unspecified atom stereocenters. The molecule has 3 rings (SSSR count). The van der Waals surface area contributed by atoms with Crippen molar-refractivity contribution in [3.05, 3.63) is 53.1 Å². The maximum Gasteiger partial charge on any atom is 0.253 e. The van der Waals surface area contributed by atoms with Crippen LogP contribution in [0.3, 0.4) is 0 Å². The fraction of sp³-hybridized carbons (Fsp3) is 0.409. The van der Waals surface area contributed by atoms with Gasteiger partial charge in [-0.25, -0.2) is 0 Å². The van der Waals surface area contributed by atoms with Gasteiger partial charge in [0.15, 0.2) is 11.5 Å². The Morgan fingerprint density at radius 1 is 1.00 bits per heavy atom. The Morgan fingerprint density at radius 2 is 1.70 bits per heavy atom. The summed E-state index contributed by atoms with van der Waals surface area (Å²) in [5.74, 6) is 1.25. The molecule has 5 heteroatoms. The van der Waals surface area contributed by atoms with Gasteiger partial charge in [-0.05, 0) is 62.1 Å². The fourth-order valence-electron chi connectivity index (χ4n) is 3.49. The number of anilines is 1. The molecule has 0 bridgehead atoms. The summed E-state index contributed by atoms with van der Waals surface area (Å²) in [4.78, 5) is 14.8. The number of likely N-dealkylation sites (tertiary alicyclic amines) is 1. The number of nitrogens with zero attached hydrogens (tertiary/aromatic N) is 1. The summed E-state index contributed by atoms with van der Waals surface area (Å²) in [7, 11) is 3.17. The van der Waals surface area contributed by atoms with Crippen molar-refractivity contribution in [3.63, 3.8) is 0 Å². The highest BCUT2D eigenvalue weighted by molar-refractivity contribution is 5.95. The molecule has 2 aromatic carbocycles. The van der Waals surface area contributed by atoms with E-state index in [9.17, 15) is 4.79 Å². The third-order valence-electron chi connectivity index (χ3n) is 5.17. The highest BCUT2D eigenvalue weighted by Gasteiger charge is 2.24. The van der Waals surface area contributed by atoms with Crippen molar-refractivity contribution in [3.8, 4) is 11.5 Å². The summed E-state index contributed by atoms with van der Waals surface area (Å²) < 4.78 is 10.6. The lowest BCUT2D eigenvalue weighted by Crippen LogP contribution is -2.42. The Labute approximate surface area is 161 Å². The molecule has 0 aromatic heterocycles. The molecule has 1 saturated heterocycles. The van der Waals surface area contributed by atoms with E-state index < -0.39 is 0 Å². The number of carbonyl (C=O) groups excluding carboxylic acids is 1. The third-order valence-corrected chi connectivity index (χ3v) is 5.17. The first-order valence-electron chi connectivity index (χ1n) is 9.37. The number of nitrogens with one attached hydrogen (secondary N) is 1. The molecular weight excluding hydrogens is 340 g/mol. The average molecular weight is 368 g/mol. The molecular formula is C22H28N2O3. The van der Waals surface area contributed by atoms with Crippen LogP contribution in [0.15, 0.2) is 36.4 Å². The molecule has 0 radical (unpaired) electrons. The number of hydrogen-bond acceptors (Lipinski definition) is 4. The van der Waals surface area contributed by atoms with E-state index in [4.69, 9.17) is 9.47 Å². The summed E-state index contributed by atoms with van der Waals surface area (Å²) in [5, 5.41) is 3.65. The number of carbonyl (C=O) groups is 1. The Morgan fingerprint density at radius 3 is 2.37 bits per heavy atom. The summed E-state index contributed by atoms with van der Waals surface area (Å²) in [5.41, 5.74) is 4.34. The summed E-state index contributed by atoms with van der Waals surface area (Å²) in [6.07, 6.45) is 1.87. The summed E-state index contributed by atoms with van der Waals surface area (Å²) in [6, 6.07) is 12.2. The molecule has 1 N–H and O–H groups in total. The first-order chi connectivity index (χ1) is 13.0. The van der Waals surface area contributed by atoms with Crippen molar-refractivity contribution in [2.24, 2.45) is 0 Å². The maximum atomic E-state index is 12.8. The van der Waals surface area contributed by atoms with Gasteiger partial charge in [-0.2, -0.15) is 0 Å². The number of amides is 1. The molecule has 1 aliphatic heterocycles. The Bertz CT molecular complexity index is 811. The van der Waals surface area contributed by atoms with Crippen LogP contribution in [0.4, 0.5) is 5.69 Å². The maximum absolute atomic E-state index is 12.8. The largest absolute Gasteiger partial charge is 0.493 e. The van der Waals surface area contributed by atoms with Crippen molar-refractivity contribution in [2.75, 3.05) is 32.6 Å². The minimum Gasteiger partial charge on any atom is -0.493 e. The van der Waals surface area contributed by atoms with Crippen LogP contribution in [-0.4, -0.2) is 44.2 Å². The lowest BCUT2D eigenvalue weighted by Gasteiger charge is -2.33. The van der Waals surface area contributed by atoms with E-state index in [1.165, 1.54) is 16.8 Å². The van der Waals surface area contributed by atoms with Crippen LogP contribution < -0.4 is 14.8 Å². The molecule has 2 aromatic rings. The van der Waals surface area contributed by atoms with E-state index in [1.807, 2.05) is 4.90 Å². The van der Waals surface area contributed by atoms with Crippen LogP contribution in [0.2, 0.25) is 0 Å². The predicted octanol–water partition coefficient (Wildman–Crippen LogP) is 4.04. The van der Waals surface area contributed by atoms with E-state index in [0.717, 1.165) is 25.9 Å². The first kappa shape index (κ1) is 19.1. The SMILES string of the molecule is COc1ccc(C(=O)N2CCC(Nc3cc(C)ccc3C)CC2)cc1OC. The van der Waals surface area contributed by atoms with Gasteiger partial charge in [-0.1, -0.05) is 12.1 Å². The van der Waals surface area contributed by atoms with Crippen molar-refractivity contribution >= 4 is 11.6 Å². The topological polar surface area (TPSA) is 50.8 Å². The number of rotatable bonds is 5. The van der Waals surface area contributed by atoms with Crippen LogP contribution in [0, 0.1) is 13.8 Å². The van der Waals surface area contributed by atoms with Gasteiger partial charge < -0.3 is 19.7 Å². The van der Waals surface area contributed by atoms with E-state index in [2.05, 4.69) is 37.4 Å². The van der Waals surface area contributed by atoms with Gasteiger partial charge in [-0.3, -0.25) is 4.79 Å². The molecule has 1 fully saturated rings. The van der Waals surface area contributed by atoms with E-state index in [-0.39, 0.29) is 5.91 Å². The van der Waals surface area contributed by atoms with Gasteiger partial charge in [0.1, 0.15) is 0 Å². The number of piperidine rings is 1. The van der Waals surface area contributed by atoms with Crippen LogP contribution >= 0.6 is 0 Å². The van der Waals surface area contributed by atoms with Crippen LogP contribution in [0.25, 0.3) is 0 Å². The summed E-state index contributed by atoms with van der Waals surface area (Å²) >= 11 is 0. The van der Waals surface area contributed by atoms with E-state index in [0.29, 0.717) is 23.1 Å². The molecule has 1 heterocycles. The van der Waals surface area contributed by atoms with Crippen molar-refractivity contribution in [2.45, 2.75) is 32.7 Å². The molecule has 27 heavy (non-hydrogen) atoms. The average Bonchev–Trinajstić information content (AvgIpc) is 2.70. The number of benzene rings is 2. The standard InChI is InChI=1S/C22H28N2O3/c1-15-5-6-16(2)19(13-15)23-18-9-11-24(12-10-18)22(25)17-7-8-20(26-3)21(14-17)27-4/h5-8,13-14,18,23H,9-12H2,1-4H3. The summed E-state index contributed by atoms with van der Waals surface area (Å²) in [6.45, 7) is 5.72. The van der Waals surface area contributed by atoms with Crippen molar-refractivity contribution < 1.29 is 14.3 Å². The molecule has 1 aliphatic rings. The molecule has 144 valence electrons. The lowest BCUT2D eigenvalue weighted by molar-refractivity contribution is 0.0718. The number of methoxy groups -OCH3 is 2. The van der Waals surface area contributed by atoms with Gasteiger partial charge in [0, 0.05) is 30.4 Å². The molecule has 0 spiro atoms. The second-order valence-corrected chi connectivity index (χ2v) is 7.10. The van der Waals surface area contributed by atoms with E-state index >= 15 is 0 Å². The number of hydrogen-bond donors (Lipinski definition) is 1. The highest BCUT2D eigenvalue weighted by Crippen LogP contribution is 2.29. The Hall–Kier alpha value is -2.69. The minimum absolute atomic E-state index is 0.0427. The van der Waals surface area contributed by atoms with Crippen LogP contribution in [-0.2, 0) is 0 Å². The molecule has 5 nitrogen and oxygen atoms in total. The fourth-order valence-corrected chi connectivity index (χ4v) is 3.49. The molecule has 0 atom stereocenters. The number of ether oxygens (including phenoxy) is 2. The van der Waals surface area contributed by atoms with E-state index in [1.54, 1.807) is 32.4 Å². The van der Waals surface area contributed by atoms with Gasteiger partial charge in [0.2, 0.25) is 0 Å². The zero-order valence-corrected chi connectivity index (χ0v) is 16.5. The minimum atomic E-state index is 0.0427. The third kappa shape index (κ3) is 4.35. The van der Waals surface area contributed by atoms with Gasteiger partial charge >= 0.3 is 0 Å². The molecule has 0 aliphatic carbocycles. The Balaban J connectivity index is 1.62. The second kappa shape index (κ2) is 8.33. The molecule has 0 saturated carbocycles. The zero-order valence-electron chi connectivity index (χ0n) is 16.5. The normalized spacial score (nSPS) is 14.7. The predicted molar refractivity (Wildman–Crippen MR) is 108 cm³/mol.